The van der Waals surface area contributed by atoms with Gasteiger partial charge >= 0.3 is 0 Å². The normalized spacial score (nSPS) is 16.5. The van der Waals surface area contributed by atoms with Crippen molar-refractivity contribution in [2.75, 3.05) is 6.54 Å². The smallest absolute Gasteiger partial charge is 0.227 e. The molecule has 1 unspecified atom stereocenters. The second-order valence-corrected chi connectivity index (χ2v) is 6.23. The van der Waals surface area contributed by atoms with E-state index in [1.54, 1.807) is 30.9 Å². The first-order chi connectivity index (χ1) is 12.2. The quantitative estimate of drug-likeness (QED) is 0.769. The minimum atomic E-state index is -0.0556. The first-order valence-corrected chi connectivity index (χ1v) is 8.18. The van der Waals surface area contributed by atoms with Crippen LogP contribution in [-0.2, 0) is 17.8 Å². The van der Waals surface area contributed by atoms with Gasteiger partial charge in [-0.15, -0.1) is 0 Å². The van der Waals surface area contributed by atoms with Crippen LogP contribution in [0.15, 0.2) is 55.1 Å². The van der Waals surface area contributed by atoms with Crippen LogP contribution in [0.25, 0.3) is 0 Å². The first kappa shape index (κ1) is 15.4. The van der Waals surface area contributed by atoms with Crippen LogP contribution >= 0.6 is 0 Å². The molecule has 6 nitrogen and oxygen atoms in total. The largest absolute Gasteiger partial charge is 0.508 e. The number of imidazole rings is 1. The fourth-order valence-corrected chi connectivity index (χ4v) is 3.30. The maximum atomic E-state index is 12.8. The van der Waals surface area contributed by atoms with Gasteiger partial charge in [0.05, 0.1) is 30.7 Å². The fourth-order valence-electron chi connectivity index (χ4n) is 3.30. The molecule has 25 heavy (non-hydrogen) atoms. The topological polar surface area (TPSA) is 82.1 Å². The number of aromatic hydroxyl groups is 1. The molecule has 3 heterocycles. The van der Waals surface area contributed by atoms with E-state index in [1.165, 1.54) is 0 Å². The summed E-state index contributed by atoms with van der Waals surface area (Å²) in [6.07, 6.45) is 5.40. The lowest BCUT2D eigenvalue weighted by Crippen LogP contribution is -2.39. The Labute approximate surface area is 145 Å². The molecule has 0 spiro atoms. The predicted octanol–water partition coefficient (Wildman–Crippen LogP) is 2.23. The standard InChI is InChI=1S/C19H18N4O2/c24-15-5-1-4-14(8-15)16-10-23(11-17-19(16)22-12-21-17)18(25)7-13-3-2-6-20-9-13/h1-6,8-9,12,16,24H,7,10-11H2,(H,21,22). The number of nitrogens with one attached hydrogen (secondary N) is 1. The molecule has 2 aromatic heterocycles. The lowest BCUT2D eigenvalue weighted by atomic mass is 9.90. The summed E-state index contributed by atoms with van der Waals surface area (Å²) in [6, 6.07) is 10.9. The molecule has 1 aromatic carbocycles. The van der Waals surface area contributed by atoms with Gasteiger partial charge in [0.2, 0.25) is 5.91 Å². The van der Waals surface area contributed by atoms with E-state index in [9.17, 15) is 9.90 Å². The average molecular weight is 334 g/mol. The Balaban J connectivity index is 1.61. The summed E-state index contributed by atoms with van der Waals surface area (Å²) < 4.78 is 0. The Morgan fingerprint density at radius 1 is 1.32 bits per heavy atom. The van der Waals surface area contributed by atoms with Gasteiger partial charge in [0.15, 0.2) is 0 Å². The van der Waals surface area contributed by atoms with Gasteiger partial charge in [-0.05, 0) is 29.3 Å². The van der Waals surface area contributed by atoms with Crippen LogP contribution in [0.1, 0.15) is 28.4 Å². The van der Waals surface area contributed by atoms with Crippen molar-refractivity contribution in [2.45, 2.75) is 18.9 Å². The van der Waals surface area contributed by atoms with Crippen LogP contribution in [0.4, 0.5) is 0 Å². The zero-order valence-corrected chi connectivity index (χ0v) is 13.6. The maximum Gasteiger partial charge on any atom is 0.227 e. The second kappa shape index (κ2) is 6.39. The van der Waals surface area contributed by atoms with E-state index in [0.717, 1.165) is 22.5 Å². The van der Waals surface area contributed by atoms with Gasteiger partial charge in [0, 0.05) is 24.9 Å². The van der Waals surface area contributed by atoms with Gasteiger partial charge in [0.1, 0.15) is 5.75 Å². The molecule has 6 heteroatoms. The molecule has 1 atom stereocenters. The van der Waals surface area contributed by atoms with Crippen molar-refractivity contribution >= 4 is 5.91 Å². The van der Waals surface area contributed by atoms with E-state index >= 15 is 0 Å². The number of hydrogen-bond acceptors (Lipinski definition) is 4. The Kier molecular flexibility index (Phi) is 3.93. The average Bonchev–Trinajstić information content (AvgIpc) is 3.10. The number of aromatic nitrogens is 3. The number of H-pyrrole nitrogens is 1. The van der Waals surface area contributed by atoms with Crippen LogP contribution < -0.4 is 0 Å². The molecule has 1 aliphatic heterocycles. The number of aromatic amines is 1. The van der Waals surface area contributed by atoms with Crippen LogP contribution in [0, 0.1) is 0 Å². The number of hydrogen-bond donors (Lipinski definition) is 2. The van der Waals surface area contributed by atoms with Crippen molar-refractivity contribution < 1.29 is 9.90 Å². The molecule has 0 saturated carbocycles. The molecule has 1 aliphatic rings. The number of amides is 1. The molecule has 2 N–H and O–H groups in total. The van der Waals surface area contributed by atoms with Crippen molar-refractivity contribution in [3.05, 3.63) is 77.6 Å². The highest BCUT2D eigenvalue weighted by Gasteiger charge is 2.31. The minimum absolute atomic E-state index is 0.0541. The van der Waals surface area contributed by atoms with Crippen molar-refractivity contribution in [1.29, 1.82) is 0 Å². The highest BCUT2D eigenvalue weighted by Crippen LogP contribution is 2.33. The van der Waals surface area contributed by atoms with Crippen LogP contribution in [0.5, 0.6) is 5.75 Å². The maximum absolute atomic E-state index is 12.8. The fraction of sp³-hybridized carbons (Fsp3) is 0.211. The number of fused-ring (bicyclic) bond motifs is 1. The zero-order chi connectivity index (χ0) is 17.2. The molecule has 0 radical (unpaired) electrons. The third-order valence-corrected chi connectivity index (χ3v) is 4.54. The summed E-state index contributed by atoms with van der Waals surface area (Å²) in [5.41, 5.74) is 3.74. The molecular weight excluding hydrogens is 316 g/mol. The summed E-state index contributed by atoms with van der Waals surface area (Å²) in [7, 11) is 0. The van der Waals surface area contributed by atoms with E-state index in [4.69, 9.17) is 0 Å². The Morgan fingerprint density at radius 3 is 3.04 bits per heavy atom. The molecule has 0 fully saturated rings. The molecule has 1 amide bonds. The molecule has 0 bridgehead atoms. The number of carbonyl (C=O) groups excluding carboxylic acids is 1. The van der Waals surface area contributed by atoms with Gasteiger partial charge < -0.3 is 15.0 Å². The van der Waals surface area contributed by atoms with Crippen LogP contribution in [0.3, 0.4) is 0 Å². The van der Waals surface area contributed by atoms with Crippen LogP contribution in [0.2, 0.25) is 0 Å². The number of carbonyl (C=O) groups is 1. The van der Waals surface area contributed by atoms with Crippen molar-refractivity contribution in [2.24, 2.45) is 0 Å². The summed E-state index contributed by atoms with van der Waals surface area (Å²) in [6.45, 7) is 1.06. The van der Waals surface area contributed by atoms with Gasteiger partial charge in [0.25, 0.3) is 0 Å². The summed E-state index contributed by atoms with van der Waals surface area (Å²) in [5, 5.41) is 9.80. The number of rotatable bonds is 3. The number of phenolic OH excluding ortho intramolecular Hbond substituents is 1. The number of phenols is 1. The number of nitrogens with zero attached hydrogens (tertiary/aromatic N) is 3. The lowest BCUT2D eigenvalue weighted by Gasteiger charge is -2.32. The molecule has 0 aliphatic carbocycles. The lowest BCUT2D eigenvalue weighted by molar-refractivity contribution is -0.131. The monoisotopic (exact) mass is 334 g/mol. The number of pyridine rings is 1. The molecule has 126 valence electrons. The summed E-state index contributed by atoms with van der Waals surface area (Å²) in [5.74, 6) is 0.215. The first-order valence-electron chi connectivity index (χ1n) is 8.18. The van der Waals surface area contributed by atoms with Crippen LogP contribution in [-0.4, -0.2) is 37.4 Å². The molecular formula is C19H18N4O2. The van der Waals surface area contributed by atoms with Gasteiger partial charge in [-0.3, -0.25) is 9.78 Å². The van der Waals surface area contributed by atoms with E-state index < -0.39 is 0 Å². The van der Waals surface area contributed by atoms with E-state index in [0.29, 0.717) is 19.5 Å². The van der Waals surface area contributed by atoms with Crippen molar-refractivity contribution in [3.8, 4) is 5.75 Å². The second-order valence-electron chi connectivity index (χ2n) is 6.23. The predicted molar refractivity (Wildman–Crippen MR) is 91.9 cm³/mol. The Bertz CT molecular complexity index is 891. The molecule has 3 aromatic rings. The summed E-state index contributed by atoms with van der Waals surface area (Å²) in [4.78, 5) is 26.2. The Hall–Kier alpha value is -3.15. The van der Waals surface area contributed by atoms with E-state index in [-0.39, 0.29) is 17.6 Å². The summed E-state index contributed by atoms with van der Waals surface area (Å²) >= 11 is 0. The Morgan fingerprint density at radius 2 is 2.24 bits per heavy atom. The zero-order valence-electron chi connectivity index (χ0n) is 13.6. The molecule has 4 rings (SSSR count). The highest BCUT2D eigenvalue weighted by molar-refractivity contribution is 5.79. The minimum Gasteiger partial charge on any atom is -0.508 e. The van der Waals surface area contributed by atoms with Crippen molar-refractivity contribution in [1.82, 2.24) is 19.9 Å². The third-order valence-electron chi connectivity index (χ3n) is 4.54. The van der Waals surface area contributed by atoms with E-state index in [2.05, 4.69) is 15.0 Å². The highest BCUT2D eigenvalue weighted by atomic mass is 16.3. The number of benzene rings is 1. The van der Waals surface area contributed by atoms with Gasteiger partial charge in [-0.1, -0.05) is 18.2 Å². The SMILES string of the molecule is O=C(Cc1cccnc1)N1Cc2[nH]cnc2C(c2cccc(O)c2)C1. The van der Waals surface area contributed by atoms with Gasteiger partial charge in [-0.2, -0.15) is 0 Å². The molecule has 0 saturated heterocycles. The van der Waals surface area contributed by atoms with Crippen molar-refractivity contribution in [3.63, 3.8) is 0 Å². The van der Waals surface area contributed by atoms with E-state index in [1.807, 2.05) is 29.2 Å². The third kappa shape index (κ3) is 3.10. The van der Waals surface area contributed by atoms with Gasteiger partial charge in [-0.25, -0.2) is 4.98 Å².